The highest BCUT2D eigenvalue weighted by molar-refractivity contribution is 7.90. The molecule has 0 bridgehead atoms. The number of benzene rings is 1. The van der Waals surface area contributed by atoms with Crippen molar-refractivity contribution in [3.05, 3.63) is 63.9 Å². The Balaban J connectivity index is 1.77. The number of aromatic nitrogens is 4. The summed E-state index contributed by atoms with van der Waals surface area (Å²) >= 11 is 6.13. The first-order chi connectivity index (χ1) is 13.3. The number of sulfone groups is 1. The molecular weight excluding hydrogens is 400 g/mol. The topological polar surface area (TPSA) is 89.8 Å². The van der Waals surface area contributed by atoms with Gasteiger partial charge in [0.15, 0.2) is 0 Å². The van der Waals surface area contributed by atoms with Gasteiger partial charge in [0.2, 0.25) is 0 Å². The van der Waals surface area contributed by atoms with Gasteiger partial charge in [-0.2, -0.15) is 0 Å². The maximum atomic E-state index is 12.4. The third kappa shape index (κ3) is 3.70. The van der Waals surface area contributed by atoms with Crippen LogP contribution in [-0.2, 0) is 22.9 Å². The molecule has 0 fully saturated rings. The third-order valence-corrected chi connectivity index (χ3v) is 6.01. The molecule has 9 heteroatoms. The molecule has 28 heavy (non-hydrogen) atoms. The maximum absolute atomic E-state index is 12.4. The van der Waals surface area contributed by atoms with E-state index in [1.54, 1.807) is 23.0 Å². The molecule has 1 N–H and O–H groups in total. The van der Waals surface area contributed by atoms with Gasteiger partial charge in [-0.3, -0.25) is 9.55 Å². The van der Waals surface area contributed by atoms with Crippen molar-refractivity contribution in [2.45, 2.75) is 19.5 Å². The average molecular weight is 419 g/mol. The molecule has 3 heterocycles. The second kappa shape index (κ2) is 7.10. The van der Waals surface area contributed by atoms with Gasteiger partial charge in [0.25, 0.3) is 0 Å². The van der Waals surface area contributed by atoms with Crippen molar-refractivity contribution >= 4 is 43.4 Å². The lowest BCUT2D eigenvalue weighted by molar-refractivity contribution is 0.589. The van der Waals surface area contributed by atoms with Gasteiger partial charge in [0.1, 0.15) is 9.84 Å². The van der Waals surface area contributed by atoms with E-state index in [1.165, 1.54) is 6.26 Å². The van der Waals surface area contributed by atoms with E-state index in [1.807, 2.05) is 24.3 Å². The van der Waals surface area contributed by atoms with Crippen LogP contribution in [0.15, 0.2) is 47.5 Å². The van der Waals surface area contributed by atoms with Gasteiger partial charge in [-0.1, -0.05) is 11.6 Å². The highest BCUT2D eigenvalue weighted by Gasteiger charge is 2.14. The van der Waals surface area contributed by atoms with Crippen LogP contribution in [0.25, 0.3) is 21.9 Å². The Morgan fingerprint density at radius 1 is 1.14 bits per heavy atom. The van der Waals surface area contributed by atoms with E-state index in [9.17, 15) is 13.2 Å². The lowest BCUT2D eigenvalue weighted by atomic mass is 10.2. The van der Waals surface area contributed by atoms with Crippen LogP contribution in [0.2, 0.25) is 5.02 Å². The quantitative estimate of drug-likeness (QED) is 0.521. The van der Waals surface area contributed by atoms with Crippen molar-refractivity contribution in [3.63, 3.8) is 0 Å². The Bertz CT molecular complexity index is 1330. The van der Waals surface area contributed by atoms with Crippen molar-refractivity contribution in [3.8, 4) is 0 Å². The lowest BCUT2D eigenvalue weighted by Crippen LogP contribution is -2.19. The number of imidazole rings is 1. The molecular formula is C19H19ClN4O3S. The van der Waals surface area contributed by atoms with E-state index in [2.05, 4.69) is 14.5 Å². The van der Waals surface area contributed by atoms with Gasteiger partial charge in [-0.05, 0) is 36.8 Å². The zero-order valence-electron chi connectivity index (χ0n) is 15.2. The summed E-state index contributed by atoms with van der Waals surface area (Å²) in [6.07, 6.45) is 5.01. The van der Waals surface area contributed by atoms with E-state index < -0.39 is 9.84 Å². The molecule has 1 aromatic carbocycles. The van der Waals surface area contributed by atoms with E-state index in [4.69, 9.17) is 11.6 Å². The fraction of sp³-hybridized carbons (Fsp3) is 0.263. The number of rotatable bonds is 6. The Hall–Kier alpha value is -2.58. The molecule has 146 valence electrons. The van der Waals surface area contributed by atoms with Gasteiger partial charge < -0.3 is 9.55 Å². The van der Waals surface area contributed by atoms with Crippen molar-refractivity contribution in [2.75, 3.05) is 12.0 Å². The lowest BCUT2D eigenvalue weighted by Gasteiger charge is -2.11. The SMILES string of the molecule is CS(=O)(=O)CCCn1c(Cn2c(=O)[nH]c3ccncc32)cc2cc(Cl)ccc21. The van der Waals surface area contributed by atoms with Crippen LogP contribution in [0.4, 0.5) is 0 Å². The number of nitrogens with zero attached hydrogens (tertiary/aromatic N) is 3. The predicted octanol–water partition coefficient (Wildman–Crippen LogP) is 2.82. The van der Waals surface area contributed by atoms with Gasteiger partial charge in [0, 0.05) is 40.6 Å². The summed E-state index contributed by atoms with van der Waals surface area (Å²) in [7, 11) is -3.04. The van der Waals surface area contributed by atoms with Crippen molar-refractivity contribution in [2.24, 2.45) is 0 Å². The van der Waals surface area contributed by atoms with E-state index in [0.717, 1.165) is 27.6 Å². The zero-order chi connectivity index (χ0) is 19.9. The first kappa shape index (κ1) is 18.8. The van der Waals surface area contributed by atoms with Gasteiger partial charge in [0.05, 0.1) is 29.5 Å². The minimum absolute atomic E-state index is 0.108. The Labute approximate surface area is 166 Å². The van der Waals surface area contributed by atoms with Crippen LogP contribution in [0.1, 0.15) is 12.1 Å². The molecule has 0 saturated heterocycles. The molecule has 0 aliphatic heterocycles. The summed E-state index contributed by atoms with van der Waals surface area (Å²) in [6, 6.07) is 9.34. The van der Waals surface area contributed by atoms with Crippen molar-refractivity contribution in [1.29, 1.82) is 0 Å². The van der Waals surface area contributed by atoms with E-state index in [-0.39, 0.29) is 11.4 Å². The summed E-state index contributed by atoms with van der Waals surface area (Å²) in [5.74, 6) is 0.108. The number of halogens is 1. The number of hydrogen-bond acceptors (Lipinski definition) is 4. The largest absolute Gasteiger partial charge is 0.343 e. The monoisotopic (exact) mass is 418 g/mol. The zero-order valence-corrected chi connectivity index (χ0v) is 16.8. The number of aryl methyl sites for hydroxylation is 1. The maximum Gasteiger partial charge on any atom is 0.326 e. The number of aromatic amines is 1. The molecule has 0 aliphatic carbocycles. The number of nitrogens with one attached hydrogen (secondary N) is 1. The molecule has 4 aromatic rings. The first-order valence-corrected chi connectivity index (χ1v) is 11.2. The van der Waals surface area contributed by atoms with Crippen molar-refractivity contribution < 1.29 is 8.42 Å². The summed E-state index contributed by atoms with van der Waals surface area (Å²) in [4.78, 5) is 19.4. The minimum atomic E-state index is -3.04. The third-order valence-electron chi connectivity index (χ3n) is 4.74. The molecule has 3 aromatic heterocycles. The van der Waals surface area contributed by atoms with Gasteiger partial charge in [-0.25, -0.2) is 13.2 Å². The second-order valence-electron chi connectivity index (χ2n) is 6.88. The van der Waals surface area contributed by atoms with E-state index in [0.29, 0.717) is 24.5 Å². The average Bonchev–Trinajstić information content (AvgIpc) is 3.11. The molecule has 0 unspecified atom stereocenters. The number of fused-ring (bicyclic) bond motifs is 2. The molecule has 0 aliphatic rings. The molecule has 0 radical (unpaired) electrons. The number of pyridine rings is 1. The van der Waals surface area contributed by atoms with Crippen LogP contribution in [0.5, 0.6) is 0 Å². The molecule has 7 nitrogen and oxygen atoms in total. The van der Waals surface area contributed by atoms with Crippen LogP contribution >= 0.6 is 11.6 Å². The fourth-order valence-corrected chi connectivity index (χ4v) is 4.33. The van der Waals surface area contributed by atoms with Gasteiger partial charge in [-0.15, -0.1) is 0 Å². The molecule has 0 atom stereocenters. The normalized spacial score (nSPS) is 12.2. The summed E-state index contributed by atoms with van der Waals surface area (Å²) in [5.41, 5.74) is 3.09. The summed E-state index contributed by atoms with van der Waals surface area (Å²) < 4.78 is 26.7. The number of hydrogen-bond donors (Lipinski definition) is 1. The van der Waals surface area contributed by atoms with Crippen LogP contribution in [-0.4, -0.2) is 39.5 Å². The Morgan fingerprint density at radius 3 is 2.75 bits per heavy atom. The summed E-state index contributed by atoms with van der Waals surface area (Å²) in [6.45, 7) is 0.874. The molecule has 0 saturated carbocycles. The number of H-pyrrole nitrogens is 1. The van der Waals surface area contributed by atoms with Gasteiger partial charge >= 0.3 is 5.69 Å². The predicted molar refractivity (Wildman–Crippen MR) is 111 cm³/mol. The van der Waals surface area contributed by atoms with E-state index >= 15 is 0 Å². The fourth-order valence-electron chi connectivity index (χ4n) is 3.50. The Morgan fingerprint density at radius 2 is 1.96 bits per heavy atom. The molecule has 0 spiro atoms. The summed E-state index contributed by atoms with van der Waals surface area (Å²) in [5, 5.41) is 1.58. The van der Waals surface area contributed by atoms with Crippen LogP contribution in [0.3, 0.4) is 0 Å². The molecule has 0 amide bonds. The second-order valence-corrected chi connectivity index (χ2v) is 9.58. The van der Waals surface area contributed by atoms with Crippen LogP contribution in [0, 0.1) is 0 Å². The minimum Gasteiger partial charge on any atom is -0.343 e. The van der Waals surface area contributed by atoms with Crippen molar-refractivity contribution in [1.82, 2.24) is 19.1 Å². The van der Waals surface area contributed by atoms with Crippen LogP contribution < -0.4 is 5.69 Å². The highest BCUT2D eigenvalue weighted by atomic mass is 35.5. The standard InChI is InChI=1S/C19H19ClN4O3S/c1-28(26,27)8-2-7-23-15(10-13-9-14(20)3-4-17(13)23)12-24-18-11-21-6-5-16(18)22-19(24)25/h3-6,9-11H,2,7-8,12H2,1H3,(H,22,25). The molecule has 4 rings (SSSR count). The highest BCUT2D eigenvalue weighted by Crippen LogP contribution is 2.25. The first-order valence-electron chi connectivity index (χ1n) is 8.80. The smallest absolute Gasteiger partial charge is 0.326 e. The Kier molecular flexibility index (Phi) is 4.76.